The molecule has 28 heavy (non-hydrogen) atoms. The molecule has 1 fully saturated rings. The van der Waals surface area contributed by atoms with Gasteiger partial charge in [-0.15, -0.1) is 0 Å². The summed E-state index contributed by atoms with van der Waals surface area (Å²) < 4.78 is 41.7. The van der Waals surface area contributed by atoms with Crippen LogP contribution in [-0.2, 0) is 10.1 Å². The Kier molecular flexibility index (Phi) is 7.64. The van der Waals surface area contributed by atoms with Crippen LogP contribution in [0.15, 0.2) is 35.2 Å². The fourth-order valence-electron chi connectivity index (χ4n) is 3.38. The van der Waals surface area contributed by atoms with Gasteiger partial charge in [0.05, 0.1) is 14.0 Å². The van der Waals surface area contributed by atoms with Crippen molar-refractivity contribution in [3.63, 3.8) is 0 Å². The van der Waals surface area contributed by atoms with E-state index in [1.54, 1.807) is 12.1 Å². The summed E-state index contributed by atoms with van der Waals surface area (Å²) in [6.45, 7) is 0. The van der Waals surface area contributed by atoms with E-state index < -0.39 is 16.1 Å². The molecule has 0 heterocycles. The average molecular weight is 738 g/mol. The lowest BCUT2D eigenvalue weighted by Gasteiger charge is -2.24. The predicted molar refractivity (Wildman–Crippen MR) is 132 cm³/mol. The minimum absolute atomic E-state index is 0.0119. The van der Waals surface area contributed by atoms with E-state index in [1.165, 1.54) is 12.1 Å². The first-order valence-corrected chi connectivity index (χ1v) is 13.3. The second-order valence-electron chi connectivity index (χ2n) is 6.65. The molecule has 2 aromatic carbocycles. The maximum Gasteiger partial charge on any atom is 0.343 e. The van der Waals surface area contributed by atoms with Crippen LogP contribution in [0.4, 0.5) is 0 Å². The summed E-state index contributed by atoms with van der Waals surface area (Å²) >= 11 is 6.51. The summed E-state index contributed by atoms with van der Waals surface area (Å²) in [7, 11) is -4.36. The summed E-state index contributed by atoms with van der Waals surface area (Å²) in [4.78, 5) is 12.6. The van der Waals surface area contributed by atoms with Gasteiger partial charge in [0.15, 0.2) is 0 Å². The Hall–Kier alpha value is 0.01000. The Balaban J connectivity index is 1.96. The van der Waals surface area contributed by atoms with E-state index in [4.69, 9.17) is 4.74 Å². The summed E-state index contributed by atoms with van der Waals surface area (Å²) in [6.07, 6.45) is 4.80. The fraction of sp³-hybridized carbons (Fsp3) is 0.316. The molecule has 1 aliphatic rings. The van der Waals surface area contributed by atoms with Crippen molar-refractivity contribution >= 4 is 83.9 Å². The Bertz CT molecular complexity index is 1010. The Morgan fingerprint density at radius 1 is 0.964 bits per heavy atom. The second kappa shape index (κ2) is 9.43. The van der Waals surface area contributed by atoms with Gasteiger partial charge in [-0.3, -0.25) is 4.55 Å². The second-order valence-corrected chi connectivity index (χ2v) is 11.5. The SMILES string of the molecule is O=C(Oc1cc(I)c(I)cc1I)c1ccc(S(=O)(=O)O)c(C2CCCCC2)c1. The molecule has 1 aliphatic carbocycles. The smallest absolute Gasteiger partial charge is 0.343 e. The highest BCUT2D eigenvalue weighted by molar-refractivity contribution is 14.1. The Labute approximate surface area is 205 Å². The standard InChI is InChI=1S/C19H17I3O5S/c20-14-9-16(22)17(10-15(14)21)27-19(23)12-6-7-18(28(24,25)26)13(8-12)11-4-2-1-3-5-11/h6-11H,1-5H2,(H,24,25,26). The third kappa shape index (κ3) is 5.38. The molecule has 9 heteroatoms. The van der Waals surface area contributed by atoms with Crippen LogP contribution in [0, 0.1) is 10.7 Å². The number of carbonyl (C=O) groups excluding carboxylic acids is 1. The van der Waals surface area contributed by atoms with Gasteiger partial charge in [0.25, 0.3) is 10.1 Å². The van der Waals surface area contributed by atoms with E-state index >= 15 is 0 Å². The summed E-state index contributed by atoms with van der Waals surface area (Å²) in [5.74, 6) is -0.0693. The lowest BCUT2D eigenvalue weighted by molar-refractivity contribution is 0.0733. The summed E-state index contributed by atoms with van der Waals surface area (Å²) in [5, 5.41) is 0. The number of esters is 1. The largest absolute Gasteiger partial charge is 0.422 e. The third-order valence-electron chi connectivity index (χ3n) is 4.75. The lowest BCUT2D eigenvalue weighted by atomic mass is 9.83. The fourth-order valence-corrected chi connectivity index (χ4v) is 6.23. The molecule has 5 nitrogen and oxygen atoms in total. The number of carbonyl (C=O) groups is 1. The van der Waals surface area contributed by atoms with Crippen LogP contribution < -0.4 is 4.74 Å². The Morgan fingerprint density at radius 3 is 2.25 bits per heavy atom. The molecule has 2 aromatic rings. The molecular weight excluding hydrogens is 721 g/mol. The number of ether oxygens (including phenoxy) is 1. The van der Waals surface area contributed by atoms with Crippen molar-refractivity contribution in [1.29, 1.82) is 0 Å². The molecule has 0 atom stereocenters. The van der Waals surface area contributed by atoms with Gasteiger partial charge >= 0.3 is 5.97 Å². The zero-order valence-electron chi connectivity index (χ0n) is 14.6. The highest BCUT2D eigenvalue weighted by Gasteiger charge is 2.25. The number of hydrogen-bond acceptors (Lipinski definition) is 4. The molecule has 0 radical (unpaired) electrons. The highest BCUT2D eigenvalue weighted by atomic mass is 127. The molecule has 150 valence electrons. The van der Waals surface area contributed by atoms with Gasteiger partial charge in [0, 0.05) is 7.14 Å². The molecule has 1 N–H and O–H groups in total. The van der Waals surface area contributed by atoms with E-state index in [0.29, 0.717) is 11.3 Å². The first-order chi connectivity index (χ1) is 13.2. The number of halogens is 3. The lowest BCUT2D eigenvalue weighted by Crippen LogP contribution is -2.15. The molecule has 1 saturated carbocycles. The van der Waals surface area contributed by atoms with Gasteiger partial charge in [0.2, 0.25) is 0 Å². The predicted octanol–water partition coefficient (Wildman–Crippen LogP) is 6.01. The third-order valence-corrected chi connectivity index (χ3v) is 9.33. The number of hydrogen-bond donors (Lipinski definition) is 1. The van der Waals surface area contributed by atoms with Gasteiger partial charge in [-0.05, 0) is 122 Å². The molecule has 0 aromatic heterocycles. The van der Waals surface area contributed by atoms with Crippen LogP contribution in [-0.4, -0.2) is 18.9 Å². The van der Waals surface area contributed by atoms with Crippen LogP contribution >= 0.6 is 67.8 Å². The Morgan fingerprint density at radius 2 is 1.61 bits per heavy atom. The molecule has 0 aliphatic heterocycles. The van der Waals surface area contributed by atoms with Crippen molar-refractivity contribution in [2.75, 3.05) is 0 Å². The molecule has 3 rings (SSSR count). The van der Waals surface area contributed by atoms with Gasteiger partial charge in [-0.2, -0.15) is 8.42 Å². The monoisotopic (exact) mass is 738 g/mol. The summed E-state index contributed by atoms with van der Waals surface area (Å²) in [6, 6.07) is 7.99. The number of benzene rings is 2. The van der Waals surface area contributed by atoms with E-state index in [0.717, 1.165) is 42.8 Å². The van der Waals surface area contributed by atoms with Crippen molar-refractivity contribution < 1.29 is 22.5 Å². The van der Waals surface area contributed by atoms with Gasteiger partial charge < -0.3 is 4.74 Å². The van der Waals surface area contributed by atoms with Crippen molar-refractivity contribution in [1.82, 2.24) is 0 Å². The van der Waals surface area contributed by atoms with E-state index in [1.807, 2.05) is 6.07 Å². The molecule has 0 spiro atoms. The van der Waals surface area contributed by atoms with Crippen molar-refractivity contribution in [2.24, 2.45) is 0 Å². The molecular formula is C19H17I3O5S. The zero-order chi connectivity index (χ0) is 20.5. The van der Waals surface area contributed by atoms with Gasteiger partial charge in [-0.25, -0.2) is 4.79 Å². The number of rotatable bonds is 4. The van der Waals surface area contributed by atoms with Crippen LogP contribution in [0.5, 0.6) is 5.75 Å². The molecule has 0 bridgehead atoms. The highest BCUT2D eigenvalue weighted by Crippen LogP contribution is 2.37. The van der Waals surface area contributed by atoms with Gasteiger partial charge in [-0.1, -0.05) is 19.3 Å². The van der Waals surface area contributed by atoms with Crippen molar-refractivity contribution in [3.05, 3.63) is 52.2 Å². The van der Waals surface area contributed by atoms with E-state index in [9.17, 15) is 17.8 Å². The van der Waals surface area contributed by atoms with Crippen LogP contribution in [0.2, 0.25) is 0 Å². The first kappa shape index (κ1) is 22.7. The van der Waals surface area contributed by atoms with E-state index in [-0.39, 0.29) is 16.4 Å². The molecule has 0 amide bonds. The average Bonchev–Trinajstić information content (AvgIpc) is 2.65. The van der Waals surface area contributed by atoms with Crippen LogP contribution in [0.3, 0.4) is 0 Å². The molecule has 0 unspecified atom stereocenters. The van der Waals surface area contributed by atoms with Crippen molar-refractivity contribution in [3.8, 4) is 5.75 Å². The quantitative estimate of drug-likeness (QED) is 0.137. The first-order valence-electron chi connectivity index (χ1n) is 8.65. The maximum atomic E-state index is 12.7. The zero-order valence-corrected chi connectivity index (χ0v) is 21.9. The normalized spacial score (nSPS) is 15.4. The van der Waals surface area contributed by atoms with Crippen molar-refractivity contribution in [2.45, 2.75) is 42.9 Å². The van der Waals surface area contributed by atoms with Gasteiger partial charge in [0.1, 0.15) is 5.75 Å². The minimum Gasteiger partial charge on any atom is -0.422 e. The van der Waals surface area contributed by atoms with Crippen LogP contribution in [0.1, 0.15) is 53.9 Å². The van der Waals surface area contributed by atoms with Crippen LogP contribution in [0.25, 0.3) is 0 Å². The summed E-state index contributed by atoms with van der Waals surface area (Å²) in [5.41, 5.74) is 0.779. The minimum atomic E-state index is -4.36. The topological polar surface area (TPSA) is 80.7 Å². The maximum absolute atomic E-state index is 12.7. The molecule has 0 saturated heterocycles. The van der Waals surface area contributed by atoms with E-state index in [2.05, 4.69) is 67.8 Å².